The highest BCUT2D eigenvalue weighted by Crippen LogP contribution is 2.59. The Morgan fingerprint density at radius 3 is 1.61 bits per heavy atom. The molecule has 0 bridgehead atoms. The summed E-state index contributed by atoms with van der Waals surface area (Å²) >= 11 is 0. The van der Waals surface area contributed by atoms with Crippen molar-refractivity contribution in [3.63, 3.8) is 0 Å². The fourth-order valence-corrected chi connectivity index (χ4v) is 11.2. The van der Waals surface area contributed by atoms with Gasteiger partial charge in [-0.05, 0) is 142 Å². The van der Waals surface area contributed by atoms with Crippen molar-refractivity contribution in [2.24, 2.45) is 0 Å². The number of aryl methyl sites for hydroxylation is 1. The van der Waals surface area contributed by atoms with E-state index in [9.17, 15) is 0 Å². The predicted octanol–water partition coefficient (Wildman–Crippen LogP) is 14.6. The molecule has 9 aromatic carbocycles. The Kier molecular flexibility index (Phi) is 6.54. The molecule has 3 aliphatic carbocycles. The van der Waals surface area contributed by atoms with Crippen LogP contribution in [0.1, 0.15) is 53.6 Å². The van der Waals surface area contributed by atoms with Crippen molar-refractivity contribution in [1.29, 1.82) is 0 Å². The van der Waals surface area contributed by atoms with Crippen molar-refractivity contribution >= 4 is 21.5 Å². The van der Waals surface area contributed by atoms with Crippen LogP contribution in [0.15, 0.2) is 182 Å². The Labute approximate surface area is 328 Å². The molecule has 0 radical (unpaired) electrons. The van der Waals surface area contributed by atoms with Crippen molar-refractivity contribution in [3.05, 3.63) is 215 Å². The lowest BCUT2D eigenvalue weighted by molar-refractivity contribution is 0.626. The summed E-state index contributed by atoms with van der Waals surface area (Å²) in [7, 11) is 0. The van der Waals surface area contributed by atoms with E-state index < -0.39 is 0 Å². The maximum absolute atomic E-state index is 2.57. The number of fused-ring (bicyclic) bond motifs is 12. The van der Waals surface area contributed by atoms with Gasteiger partial charge in [0.15, 0.2) is 0 Å². The van der Waals surface area contributed by atoms with Crippen LogP contribution in [0.5, 0.6) is 0 Å². The van der Waals surface area contributed by atoms with Gasteiger partial charge < -0.3 is 0 Å². The topological polar surface area (TPSA) is 0 Å². The standard InChI is InChI=1S/C56H40/c1-55(2)49-22-12-9-17-40(49)42-27-25-38(33-51(42)55)54-45-20-8-7-19-44(45)53(46-29-24-37(32-47(46)54)35-14-4-3-5-15-35)39-26-28-43-41-18-10-13-23-50(41)56(52(43)34-39)31-30-36-16-6-11-21-48(36)56/h3-29,32-34H,30-31H2,1-2H3. The van der Waals surface area contributed by atoms with Gasteiger partial charge in [-0.25, -0.2) is 0 Å². The SMILES string of the molecule is CC1(C)c2ccccc2-c2ccc(-c3c4ccccc4c(-c4ccc5c(c4)C4(CCc6ccccc64)c4ccccc4-5)c4ccc(-c5ccccc5)cc34)cc21. The first-order valence-electron chi connectivity index (χ1n) is 20.1. The van der Waals surface area contributed by atoms with Crippen molar-refractivity contribution in [2.75, 3.05) is 0 Å². The summed E-state index contributed by atoms with van der Waals surface area (Å²) in [5, 5.41) is 5.16. The number of rotatable bonds is 3. The molecule has 264 valence electrons. The smallest absolute Gasteiger partial charge is 0.0469 e. The quantitative estimate of drug-likeness (QED) is 0.160. The molecule has 0 saturated heterocycles. The second-order valence-corrected chi connectivity index (χ2v) is 16.7. The third-order valence-electron chi connectivity index (χ3n) is 13.7. The van der Waals surface area contributed by atoms with Crippen molar-refractivity contribution in [2.45, 2.75) is 37.5 Å². The molecule has 56 heavy (non-hydrogen) atoms. The first kappa shape index (κ1) is 31.8. The molecule has 0 aromatic heterocycles. The third kappa shape index (κ3) is 4.19. The van der Waals surface area contributed by atoms with E-state index >= 15 is 0 Å². The monoisotopic (exact) mass is 712 g/mol. The summed E-state index contributed by atoms with van der Waals surface area (Å²) in [4.78, 5) is 0. The van der Waals surface area contributed by atoms with Gasteiger partial charge in [0.05, 0.1) is 0 Å². The van der Waals surface area contributed by atoms with Crippen LogP contribution in [0, 0.1) is 0 Å². The molecule has 0 nitrogen and oxygen atoms in total. The number of hydrogen-bond donors (Lipinski definition) is 0. The predicted molar refractivity (Wildman–Crippen MR) is 235 cm³/mol. The Balaban J connectivity index is 1.15. The highest BCUT2D eigenvalue weighted by Gasteiger charge is 2.48. The van der Waals surface area contributed by atoms with Crippen molar-refractivity contribution in [1.82, 2.24) is 0 Å². The van der Waals surface area contributed by atoms with E-state index in [1.165, 1.54) is 111 Å². The summed E-state index contributed by atoms with van der Waals surface area (Å²) < 4.78 is 0. The molecule has 0 N–H and O–H groups in total. The van der Waals surface area contributed by atoms with Crippen LogP contribution in [0.2, 0.25) is 0 Å². The second kappa shape index (κ2) is 11.5. The highest BCUT2D eigenvalue weighted by atomic mass is 14.5. The number of hydrogen-bond acceptors (Lipinski definition) is 0. The summed E-state index contributed by atoms with van der Waals surface area (Å²) in [6.07, 6.45) is 2.19. The van der Waals surface area contributed by atoms with Gasteiger partial charge in [-0.2, -0.15) is 0 Å². The molecule has 3 aliphatic rings. The summed E-state index contributed by atoms with van der Waals surface area (Å²) in [5.74, 6) is 0. The molecular formula is C56H40. The van der Waals surface area contributed by atoms with Gasteiger partial charge in [0.2, 0.25) is 0 Å². The van der Waals surface area contributed by atoms with Crippen LogP contribution in [0.25, 0.3) is 77.2 Å². The first-order chi connectivity index (χ1) is 27.5. The lowest BCUT2D eigenvalue weighted by atomic mass is 9.73. The molecule has 1 unspecified atom stereocenters. The molecule has 9 aromatic rings. The molecule has 0 heteroatoms. The fourth-order valence-electron chi connectivity index (χ4n) is 11.2. The summed E-state index contributed by atoms with van der Waals surface area (Å²) in [6, 6.07) is 69.2. The van der Waals surface area contributed by atoms with Gasteiger partial charge in [-0.3, -0.25) is 0 Å². The van der Waals surface area contributed by atoms with Crippen LogP contribution in [0.3, 0.4) is 0 Å². The van der Waals surface area contributed by atoms with Crippen LogP contribution in [-0.4, -0.2) is 0 Å². The van der Waals surface area contributed by atoms with E-state index in [4.69, 9.17) is 0 Å². The molecule has 0 saturated carbocycles. The molecule has 0 heterocycles. The fraction of sp³-hybridized carbons (Fsp3) is 0.107. The Morgan fingerprint density at radius 2 is 0.857 bits per heavy atom. The summed E-state index contributed by atoms with van der Waals surface area (Å²) in [6.45, 7) is 4.77. The summed E-state index contributed by atoms with van der Waals surface area (Å²) in [5.41, 5.74) is 21.6. The molecule has 0 amide bonds. The van der Waals surface area contributed by atoms with Gasteiger partial charge in [-0.1, -0.05) is 178 Å². The zero-order chi connectivity index (χ0) is 37.2. The van der Waals surface area contributed by atoms with Gasteiger partial charge in [0, 0.05) is 10.8 Å². The highest BCUT2D eigenvalue weighted by molar-refractivity contribution is 6.22. The lowest BCUT2D eigenvalue weighted by Crippen LogP contribution is -2.23. The van der Waals surface area contributed by atoms with E-state index in [1.807, 2.05) is 0 Å². The minimum absolute atomic E-state index is 0.0838. The van der Waals surface area contributed by atoms with E-state index in [0.717, 1.165) is 12.8 Å². The van der Waals surface area contributed by atoms with E-state index in [0.29, 0.717) is 0 Å². The number of benzene rings is 9. The normalized spacial score (nSPS) is 16.8. The minimum Gasteiger partial charge on any atom is -0.0622 e. The van der Waals surface area contributed by atoms with Crippen molar-refractivity contribution < 1.29 is 0 Å². The first-order valence-corrected chi connectivity index (χ1v) is 20.1. The lowest BCUT2D eigenvalue weighted by Gasteiger charge is -2.29. The zero-order valence-corrected chi connectivity index (χ0v) is 31.7. The molecule has 0 aliphatic heterocycles. The maximum Gasteiger partial charge on any atom is 0.0469 e. The molecule has 0 fully saturated rings. The zero-order valence-electron chi connectivity index (χ0n) is 31.7. The van der Waals surface area contributed by atoms with Crippen LogP contribution >= 0.6 is 0 Å². The van der Waals surface area contributed by atoms with Gasteiger partial charge in [0.1, 0.15) is 0 Å². The minimum atomic E-state index is -0.140. The molecule has 1 atom stereocenters. The second-order valence-electron chi connectivity index (χ2n) is 16.7. The van der Waals surface area contributed by atoms with Gasteiger partial charge in [0.25, 0.3) is 0 Å². The average molecular weight is 713 g/mol. The Hall–Kier alpha value is -6.50. The molecule has 12 rings (SSSR count). The molecular weight excluding hydrogens is 673 g/mol. The van der Waals surface area contributed by atoms with Crippen LogP contribution < -0.4 is 0 Å². The largest absolute Gasteiger partial charge is 0.0622 e. The Bertz CT molecular complexity index is 3110. The maximum atomic E-state index is 2.57. The Morgan fingerprint density at radius 1 is 0.339 bits per heavy atom. The van der Waals surface area contributed by atoms with Crippen molar-refractivity contribution in [3.8, 4) is 55.6 Å². The van der Waals surface area contributed by atoms with Gasteiger partial charge in [-0.15, -0.1) is 0 Å². The van der Waals surface area contributed by atoms with E-state index in [-0.39, 0.29) is 10.8 Å². The van der Waals surface area contributed by atoms with E-state index in [1.54, 1.807) is 0 Å². The van der Waals surface area contributed by atoms with Crippen LogP contribution in [-0.2, 0) is 17.3 Å². The van der Waals surface area contributed by atoms with E-state index in [2.05, 4.69) is 196 Å². The van der Waals surface area contributed by atoms with Gasteiger partial charge >= 0.3 is 0 Å². The third-order valence-corrected chi connectivity index (χ3v) is 13.7. The molecule has 1 spiro atoms. The average Bonchev–Trinajstić information content (AvgIpc) is 3.86. The van der Waals surface area contributed by atoms with Crippen LogP contribution in [0.4, 0.5) is 0 Å².